The van der Waals surface area contributed by atoms with Crippen LogP contribution in [0.3, 0.4) is 0 Å². The number of nitrogens with zero attached hydrogens (tertiary/aromatic N) is 2. The summed E-state index contributed by atoms with van der Waals surface area (Å²) in [6.45, 7) is 4.74. The highest BCUT2D eigenvalue weighted by atomic mass is 79.9. The van der Waals surface area contributed by atoms with E-state index < -0.39 is 0 Å². The number of hydrogen-bond donors (Lipinski definition) is 2. The molecule has 5 heteroatoms. The quantitative estimate of drug-likeness (QED) is 0.887. The van der Waals surface area contributed by atoms with E-state index in [1.54, 1.807) is 0 Å². The minimum atomic E-state index is 0.0711. The van der Waals surface area contributed by atoms with E-state index in [0.29, 0.717) is 12.6 Å². The Morgan fingerprint density at radius 1 is 1.42 bits per heavy atom. The Morgan fingerprint density at radius 3 is 2.79 bits per heavy atom. The maximum Gasteiger partial charge on any atom is 0.0667 e. The molecule has 0 radical (unpaired) electrons. The average molecular weight is 323 g/mol. The van der Waals surface area contributed by atoms with Gasteiger partial charge in [0.2, 0.25) is 0 Å². The van der Waals surface area contributed by atoms with Crippen molar-refractivity contribution in [2.75, 3.05) is 11.9 Å². The molecule has 0 saturated carbocycles. The molecule has 1 heterocycles. The second-order valence-electron chi connectivity index (χ2n) is 4.79. The van der Waals surface area contributed by atoms with Crippen LogP contribution in [0.5, 0.6) is 0 Å². The van der Waals surface area contributed by atoms with Crippen LogP contribution in [0.4, 0.5) is 5.69 Å². The van der Waals surface area contributed by atoms with Gasteiger partial charge in [0.25, 0.3) is 0 Å². The molecule has 2 rings (SSSR count). The summed E-state index contributed by atoms with van der Waals surface area (Å²) in [4.78, 5) is 0. The average Bonchev–Trinajstić information content (AvgIpc) is 2.85. The van der Waals surface area contributed by atoms with Gasteiger partial charge < -0.3 is 11.1 Å². The third kappa shape index (κ3) is 3.58. The Hall–Kier alpha value is -1.33. The molecule has 0 aliphatic heterocycles. The number of nitrogens with two attached hydrogens (primary N) is 1. The third-order valence-electron chi connectivity index (χ3n) is 2.95. The molecule has 102 valence electrons. The summed E-state index contributed by atoms with van der Waals surface area (Å²) in [5, 5.41) is 7.79. The van der Waals surface area contributed by atoms with E-state index in [9.17, 15) is 0 Å². The van der Waals surface area contributed by atoms with Gasteiger partial charge in [0.05, 0.1) is 12.2 Å². The fourth-order valence-electron chi connectivity index (χ4n) is 1.87. The zero-order chi connectivity index (χ0) is 13.8. The number of hydrogen-bond acceptors (Lipinski definition) is 3. The minimum absolute atomic E-state index is 0.0711. The van der Waals surface area contributed by atoms with Crippen molar-refractivity contribution in [1.82, 2.24) is 9.78 Å². The Kier molecular flexibility index (Phi) is 4.61. The van der Waals surface area contributed by atoms with Gasteiger partial charge in [-0.15, -0.1) is 0 Å². The van der Waals surface area contributed by atoms with E-state index in [-0.39, 0.29) is 6.04 Å². The summed E-state index contributed by atoms with van der Waals surface area (Å²) < 4.78 is 2.99. The molecule has 1 aromatic heterocycles. The lowest BCUT2D eigenvalue weighted by Gasteiger charge is -2.17. The highest BCUT2D eigenvalue weighted by molar-refractivity contribution is 9.10. The maximum atomic E-state index is 5.86. The first-order valence-corrected chi connectivity index (χ1v) is 7.15. The fraction of sp³-hybridized carbons (Fsp3) is 0.357. The smallest absolute Gasteiger partial charge is 0.0667 e. The fourth-order valence-corrected chi connectivity index (χ4v) is 2.27. The van der Waals surface area contributed by atoms with Crippen LogP contribution < -0.4 is 11.1 Å². The molecular formula is C14H19BrN4. The highest BCUT2D eigenvalue weighted by Gasteiger charge is 2.12. The van der Waals surface area contributed by atoms with E-state index >= 15 is 0 Å². The molecular weight excluding hydrogens is 304 g/mol. The molecule has 1 aromatic carbocycles. The standard InChI is InChI=1S/C14H19BrN4/c1-10(2)19-9-11(8-17-19)14(7-16)18-13-5-3-4-12(15)6-13/h3-6,8-10,14,18H,7,16H2,1-2H3. The Labute approximate surface area is 122 Å². The molecule has 1 unspecified atom stereocenters. The molecule has 0 aliphatic rings. The maximum absolute atomic E-state index is 5.86. The predicted octanol–water partition coefficient (Wildman–Crippen LogP) is 3.34. The monoisotopic (exact) mass is 322 g/mol. The number of anilines is 1. The van der Waals surface area contributed by atoms with E-state index in [4.69, 9.17) is 5.73 Å². The van der Waals surface area contributed by atoms with E-state index in [1.165, 1.54) is 0 Å². The van der Waals surface area contributed by atoms with Crippen molar-refractivity contribution in [2.24, 2.45) is 5.73 Å². The number of halogens is 1. The van der Waals surface area contributed by atoms with Crippen molar-refractivity contribution in [3.63, 3.8) is 0 Å². The molecule has 0 saturated heterocycles. The summed E-state index contributed by atoms with van der Waals surface area (Å²) in [5.41, 5.74) is 8.02. The first-order valence-electron chi connectivity index (χ1n) is 6.36. The van der Waals surface area contributed by atoms with Gasteiger partial charge in [0, 0.05) is 34.5 Å². The minimum Gasteiger partial charge on any atom is -0.377 e. The molecule has 2 aromatic rings. The summed E-state index contributed by atoms with van der Waals surface area (Å²) in [7, 11) is 0. The van der Waals surface area contributed by atoms with Crippen LogP contribution in [0.1, 0.15) is 31.5 Å². The number of rotatable bonds is 5. The van der Waals surface area contributed by atoms with Gasteiger partial charge in [0.1, 0.15) is 0 Å². The zero-order valence-corrected chi connectivity index (χ0v) is 12.8. The molecule has 1 atom stereocenters. The summed E-state index contributed by atoms with van der Waals surface area (Å²) in [5.74, 6) is 0. The van der Waals surface area contributed by atoms with Crippen LogP contribution in [-0.4, -0.2) is 16.3 Å². The molecule has 19 heavy (non-hydrogen) atoms. The van der Waals surface area contributed by atoms with Gasteiger partial charge in [-0.3, -0.25) is 4.68 Å². The molecule has 0 fully saturated rings. The number of aromatic nitrogens is 2. The lowest BCUT2D eigenvalue weighted by molar-refractivity contribution is 0.531. The Balaban J connectivity index is 2.15. The SMILES string of the molecule is CC(C)n1cc(C(CN)Nc2cccc(Br)c2)cn1. The van der Waals surface area contributed by atoms with Crippen LogP contribution in [0, 0.1) is 0 Å². The molecule has 0 bridgehead atoms. The van der Waals surface area contributed by atoms with Crippen molar-refractivity contribution >= 4 is 21.6 Å². The van der Waals surface area contributed by atoms with E-state index in [1.807, 2.05) is 41.3 Å². The van der Waals surface area contributed by atoms with Crippen molar-refractivity contribution in [3.05, 3.63) is 46.7 Å². The second-order valence-corrected chi connectivity index (χ2v) is 5.71. The Bertz CT molecular complexity index is 536. The van der Waals surface area contributed by atoms with Crippen molar-refractivity contribution in [2.45, 2.75) is 25.9 Å². The van der Waals surface area contributed by atoms with Crippen LogP contribution in [0.2, 0.25) is 0 Å². The lowest BCUT2D eigenvalue weighted by atomic mass is 10.1. The van der Waals surface area contributed by atoms with Crippen LogP contribution >= 0.6 is 15.9 Å². The van der Waals surface area contributed by atoms with Crippen molar-refractivity contribution < 1.29 is 0 Å². The third-order valence-corrected chi connectivity index (χ3v) is 3.45. The van der Waals surface area contributed by atoms with E-state index in [2.05, 4.69) is 40.2 Å². The lowest BCUT2D eigenvalue weighted by Crippen LogP contribution is -2.20. The zero-order valence-electron chi connectivity index (χ0n) is 11.2. The summed E-state index contributed by atoms with van der Waals surface area (Å²) >= 11 is 3.47. The number of nitrogens with one attached hydrogen (secondary N) is 1. The molecule has 0 aliphatic carbocycles. The van der Waals surface area contributed by atoms with Gasteiger partial charge in [-0.2, -0.15) is 5.10 Å². The molecule has 0 amide bonds. The Morgan fingerprint density at radius 2 is 2.21 bits per heavy atom. The highest BCUT2D eigenvalue weighted by Crippen LogP contribution is 2.22. The van der Waals surface area contributed by atoms with Crippen molar-refractivity contribution in [3.8, 4) is 0 Å². The van der Waals surface area contributed by atoms with Gasteiger partial charge in [-0.05, 0) is 32.0 Å². The van der Waals surface area contributed by atoms with Crippen LogP contribution in [-0.2, 0) is 0 Å². The second kappa shape index (κ2) is 6.21. The number of benzene rings is 1. The van der Waals surface area contributed by atoms with Crippen molar-refractivity contribution in [1.29, 1.82) is 0 Å². The normalized spacial score (nSPS) is 12.7. The largest absolute Gasteiger partial charge is 0.377 e. The topological polar surface area (TPSA) is 55.9 Å². The van der Waals surface area contributed by atoms with E-state index in [0.717, 1.165) is 15.7 Å². The van der Waals surface area contributed by atoms with Crippen LogP contribution in [0.25, 0.3) is 0 Å². The summed E-state index contributed by atoms with van der Waals surface area (Å²) in [6.07, 6.45) is 3.93. The van der Waals surface area contributed by atoms with Crippen LogP contribution in [0.15, 0.2) is 41.1 Å². The van der Waals surface area contributed by atoms with Gasteiger partial charge in [-0.1, -0.05) is 22.0 Å². The first kappa shape index (κ1) is 14.1. The summed E-state index contributed by atoms with van der Waals surface area (Å²) in [6, 6.07) is 8.49. The molecule has 0 spiro atoms. The molecule has 4 nitrogen and oxygen atoms in total. The first-order chi connectivity index (χ1) is 9.10. The predicted molar refractivity (Wildman–Crippen MR) is 82.2 cm³/mol. The molecule has 3 N–H and O–H groups in total. The van der Waals surface area contributed by atoms with Gasteiger partial charge in [-0.25, -0.2) is 0 Å². The van der Waals surface area contributed by atoms with Gasteiger partial charge in [0.15, 0.2) is 0 Å². The van der Waals surface area contributed by atoms with Gasteiger partial charge >= 0.3 is 0 Å².